The summed E-state index contributed by atoms with van der Waals surface area (Å²) in [7, 11) is 0. The molecular formula is C11H14O. The quantitative estimate of drug-likeness (QED) is 0.622. The summed E-state index contributed by atoms with van der Waals surface area (Å²) in [5.41, 5.74) is 3.70. The summed E-state index contributed by atoms with van der Waals surface area (Å²) in [4.78, 5) is 0. The number of rotatable bonds is 0. The van der Waals surface area contributed by atoms with E-state index >= 15 is 0 Å². The Hall–Kier alpha value is -0.980. The van der Waals surface area contributed by atoms with Crippen LogP contribution in [-0.2, 0) is 6.42 Å². The normalized spacial score (nSPS) is 21.0. The molecule has 0 aliphatic heterocycles. The van der Waals surface area contributed by atoms with Crippen LogP contribution in [0.4, 0.5) is 0 Å². The van der Waals surface area contributed by atoms with Gasteiger partial charge >= 0.3 is 0 Å². The fourth-order valence-corrected chi connectivity index (χ4v) is 2.05. The molecule has 0 heterocycles. The molecule has 0 amide bonds. The summed E-state index contributed by atoms with van der Waals surface area (Å²) in [6, 6.07) is 4.06. The molecule has 1 atom stereocenters. The summed E-state index contributed by atoms with van der Waals surface area (Å²) in [6.07, 6.45) is 2.23. The number of aryl methyl sites for hydroxylation is 1. The van der Waals surface area contributed by atoms with Gasteiger partial charge in [0.2, 0.25) is 0 Å². The predicted molar refractivity (Wildman–Crippen MR) is 49.6 cm³/mol. The minimum Gasteiger partial charge on any atom is -0.508 e. The maximum absolute atomic E-state index is 9.63. The molecule has 1 heteroatoms. The molecule has 1 nitrogen and oxygen atoms in total. The third-order valence-corrected chi connectivity index (χ3v) is 2.76. The molecule has 0 saturated heterocycles. The van der Waals surface area contributed by atoms with Gasteiger partial charge in [-0.2, -0.15) is 0 Å². The molecule has 0 aromatic heterocycles. The van der Waals surface area contributed by atoms with E-state index in [0.717, 1.165) is 6.42 Å². The van der Waals surface area contributed by atoms with E-state index in [4.69, 9.17) is 0 Å². The van der Waals surface area contributed by atoms with E-state index in [2.05, 4.69) is 13.0 Å². The van der Waals surface area contributed by atoms with Gasteiger partial charge in [-0.15, -0.1) is 0 Å². The minimum atomic E-state index is 0.495. The van der Waals surface area contributed by atoms with Gasteiger partial charge in [-0.25, -0.2) is 0 Å². The number of hydrogen-bond donors (Lipinski definition) is 1. The highest BCUT2D eigenvalue weighted by Gasteiger charge is 2.21. The molecule has 0 bridgehead atoms. The predicted octanol–water partition coefficient (Wildman–Crippen LogP) is 2.75. The molecule has 64 valence electrons. The largest absolute Gasteiger partial charge is 0.508 e. The summed E-state index contributed by atoms with van der Waals surface area (Å²) < 4.78 is 0. The van der Waals surface area contributed by atoms with Gasteiger partial charge in [0.15, 0.2) is 0 Å². The fourth-order valence-electron chi connectivity index (χ4n) is 2.05. The van der Waals surface area contributed by atoms with Crippen molar-refractivity contribution < 1.29 is 5.11 Å². The minimum absolute atomic E-state index is 0.495. The second-order valence-electron chi connectivity index (χ2n) is 3.79. The molecule has 1 aliphatic rings. The lowest BCUT2D eigenvalue weighted by molar-refractivity contribution is 0.468. The zero-order valence-electron chi connectivity index (χ0n) is 7.59. The highest BCUT2D eigenvalue weighted by Crippen LogP contribution is 2.38. The van der Waals surface area contributed by atoms with Gasteiger partial charge in [0.25, 0.3) is 0 Å². The Morgan fingerprint density at radius 1 is 1.42 bits per heavy atom. The first-order valence-electron chi connectivity index (χ1n) is 4.51. The van der Waals surface area contributed by atoms with Gasteiger partial charge in [0.1, 0.15) is 5.75 Å². The van der Waals surface area contributed by atoms with E-state index in [-0.39, 0.29) is 0 Å². The van der Waals surface area contributed by atoms with Crippen LogP contribution in [0.1, 0.15) is 36.0 Å². The summed E-state index contributed by atoms with van der Waals surface area (Å²) >= 11 is 0. The fraction of sp³-hybridized carbons (Fsp3) is 0.455. The van der Waals surface area contributed by atoms with Gasteiger partial charge < -0.3 is 5.11 Å². The molecule has 1 N–H and O–H groups in total. The topological polar surface area (TPSA) is 20.2 Å². The highest BCUT2D eigenvalue weighted by atomic mass is 16.3. The maximum Gasteiger partial charge on any atom is 0.119 e. The third-order valence-electron chi connectivity index (χ3n) is 2.76. The average Bonchev–Trinajstić information content (AvgIpc) is 2.33. The van der Waals surface area contributed by atoms with Crippen LogP contribution in [-0.4, -0.2) is 5.11 Å². The second kappa shape index (κ2) is 2.51. The lowest BCUT2D eigenvalue weighted by Crippen LogP contribution is -1.87. The number of phenols is 1. The van der Waals surface area contributed by atoms with Crippen molar-refractivity contribution in [3.63, 3.8) is 0 Å². The number of benzene rings is 1. The van der Waals surface area contributed by atoms with E-state index in [9.17, 15) is 5.11 Å². The zero-order valence-corrected chi connectivity index (χ0v) is 7.59. The smallest absolute Gasteiger partial charge is 0.119 e. The Labute approximate surface area is 73.0 Å². The molecule has 0 spiro atoms. The van der Waals surface area contributed by atoms with Crippen molar-refractivity contribution in [1.82, 2.24) is 0 Å². The molecule has 1 unspecified atom stereocenters. The molecule has 0 radical (unpaired) electrons. The molecule has 0 saturated carbocycles. The van der Waals surface area contributed by atoms with Crippen LogP contribution < -0.4 is 0 Å². The lowest BCUT2D eigenvalue weighted by Gasteiger charge is -2.06. The number of hydrogen-bond acceptors (Lipinski definition) is 1. The van der Waals surface area contributed by atoms with Crippen molar-refractivity contribution in [3.8, 4) is 5.75 Å². The molecule has 1 aliphatic carbocycles. The van der Waals surface area contributed by atoms with Crippen LogP contribution >= 0.6 is 0 Å². The van der Waals surface area contributed by atoms with E-state index in [1.165, 1.54) is 23.1 Å². The number of fused-ring (bicyclic) bond motifs is 1. The first kappa shape index (κ1) is 7.66. The number of aromatic hydroxyl groups is 1. The summed E-state index contributed by atoms with van der Waals surface area (Å²) in [5, 5.41) is 9.63. The Morgan fingerprint density at radius 3 is 2.92 bits per heavy atom. The van der Waals surface area contributed by atoms with Crippen molar-refractivity contribution in [2.24, 2.45) is 0 Å². The zero-order chi connectivity index (χ0) is 8.72. The van der Waals surface area contributed by atoms with Gasteiger partial charge in [-0.1, -0.05) is 13.0 Å². The van der Waals surface area contributed by atoms with Crippen molar-refractivity contribution in [2.75, 3.05) is 0 Å². The standard InChI is InChI=1S/C11H14O/c1-7-5-10-8(2)3-4-9(10)11(12)6-7/h5-6,8,12H,3-4H2,1-2H3. The molecule has 2 rings (SSSR count). The summed E-state index contributed by atoms with van der Waals surface area (Å²) in [5.74, 6) is 1.13. The summed E-state index contributed by atoms with van der Waals surface area (Å²) in [6.45, 7) is 4.26. The molecule has 0 fully saturated rings. The van der Waals surface area contributed by atoms with Crippen LogP contribution in [0.2, 0.25) is 0 Å². The van der Waals surface area contributed by atoms with E-state index in [0.29, 0.717) is 11.7 Å². The SMILES string of the molecule is Cc1cc(O)c2c(c1)C(C)CC2. The van der Waals surface area contributed by atoms with Crippen molar-refractivity contribution in [1.29, 1.82) is 0 Å². The molecular weight excluding hydrogens is 148 g/mol. The molecule has 1 aromatic carbocycles. The highest BCUT2D eigenvalue weighted by molar-refractivity contribution is 5.46. The first-order valence-corrected chi connectivity index (χ1v) is 4.51. The van der Waals surface area contributed by atoms with Crippen molar-refractivity contribution in [2.45, 2.75) is 32.6 Å². The lowest BCUT2D eigenvalue weighted by atomic mass is 10.0. The van der Waals surface area contributed by atoms with Gasteiger partial charge in [0.05, 0.1) is 0 Å². The van der Waals surface area contributed by atoms with Gasteiger partial charge in [-0.3, -0.25) is 0 Å². The van der Waals surface area contributed by atoms with E-state index in [1.807, 2.05) is 13.0 Å². The Bertz CT molecular complexity index is 315. The van der Waals surface area contributed by atoms with Gasteiger partial charge in [0, 0.05) is 0 Å². The van der Waals surface area contributed by atoms with E-state index < -0.39 is 0 Å². The van der Waals surface area contributed by atoms with Gasteiger partial charge in [-0.05, 0) is 48.4 Å². The Kier molecular flexibility index (Phi) is 1.60. The molecule has 1 aromatic rings. The van der Waals surface area contributed by atoms with Crippen LogP contribution in [0.5, 0.6) is 5.75 Å². The monoisotopic (exact) mass is 162 g/mol. The van der Waals surface area contributed by atoms with Crippen LogP contribution in [0.25, 0.3) is 0 Å². The van der Waals surface area contributed by atoms with E-state index in [1.54, 1.807) is 0 Å². The average molecular weight is 162 g/mol. The number of phenolic OH excluding ortho intramolecular Hbond substituents is 1. The maximum atomic E-state index is 9.63. The van der Waals surface area contributed by atoms with Crippen LogP contribution in [0, 0.1) is 6.92 Å². The van der Waals surface area contributed by atoms with Crippen molar-refractivity contribution in [3.05, 3.63) is 28.8 Å². The van der Waals surface area contributed by atoms with Crippen LogP contribution in [0.3, 0.4) is 0 Å². The Balaban J connectivity index is 2.60. The Morgan fingerprint density at radius 2 is 2.17 bits per heavy atom. The first-order chi connectivity index (χ1) is 5.68. The molecule has 12 heavy (non-hydrogen) atoms. The third kappa shape index (κ3) is 1.01. The second-order valence-corrected chi connectivity index (χ2v) is 3.79. The van der Waals surface area contributed by atoms with Crippen molar-refractivity contribution >= 4 is 0 Å². The van der Waals surface area contributed by atoms with Crippen LogP contribution in [0.15, 0.2) is 12.1 Å².